The number of hydrogen-bond acceptors (Lipinski definition) is 7. The summed E-state index contributed by atoms with van der Waals surface area (Å²) >= 11 is 1.38. The number of esters is 1. The van der Waals surface area contributed by atoms with E-state index in [1.54, 1.807) is 19.1 Å². The lowest BCUT2D eigenvalue weighted by molar-refractivity contribution is -0.152. The van der Waals surface area contributed by atoms with Gasteiger partial charge in [-0.05, 0) is 25.5 Å². The number of carbonyl (C=O) groups excluding carboxylic acids is 1. The molecule has 0 saturated carbocycles. The maximum Gasteiger partial charge on any atom is 0.347 e. The molecule has 2 aromatic heterocycles. The highest BCUT2D eigenvalue weighted by Gasteiger charge is 2.17. The molecule has 3 aromatic rings. The van der Waals surface area contributed by atoms with Crippen molar-refractivity contribution in [3.8, 4) is 5.75 Å². The molecule has 0 unspecified atom stereocenters. The molecule has 7 nitrogen and oxygen atoms in total. The van der Waals surface area contributed by atoms with Crippen molar-refractivity contribution in [1.82, 2.24) is 14.6 Å². The van der Waals surface area contributed by atoms with E-state index >= 15 is 0 Å². The predicted molar refractivity (Wildman–Crippen MR) is 102 cm³/mol. The van der Waals surface area contributed by atoms with Gasteiger partial charge in [-0.3, -0.25) is 4.79 Å². The summed E-state index contributed by atoms with van der Waals surface area (Å²) in [6.07, 6.45) is 2.13. The van der Waals surface area contributed by atoms with Crippen molar-refractivity contribution in [2.45, 2.75) is 45.8 Å². The van der Waals surface area contributed by atoms with Gasteiger partial charge in [0.25, 0.3) is 5.56 Å². The number of carbonyl (C=O) groups is 1. The van der Waals surface area contributed by atoms with Crippen LogP contribution in [0.1, 0.15) is 37.4 Å². The Morgan fingerprint density at radius 2 is 2.07 bits per heavy atom. The summed E-state index contributed by atoms with van der Waals surface area (Å²) in [6.45, 7) is 3.63. The van der Waals surface area contributed by atoms with Crippen LogP contribution in [0.3, 0.4) is 0 Å². The molecule has 0 N–H and O–H groups in total. The van der Waals surface area contributed by atoms with Gasteiger partial charge in [0.05, 0.1) is 5.69 Å². The number of para-hydroxylation sites is 1. The van der Waals surface area contributed by atoms with Crippen LogP contribution in [0, 0.1) is 0 Å². The topological polar surface area (TPSA) is 82.8 Å². The molecule has 0 saturated heterocycles. The van der Waals surface area contributed by atoms with Crippen LogP contribution in [0.2, 0.25) is 0 Å². The molecule has 2 heterocycles. The Labute approximate surface area is 160 Å². The summed E-state index contributed by atoms with van der Waals surface area (Å²) in [5.74, 6) is 0.0674. The first-order valence-electron chi connectivity index (χ1n) is 8.84. The normalized spacial score (nSPS) is 12.1. The second-order valence-corrected chi connectivity index (χ2v) is 7.10. The largest absolute Gasteiger partial charge is 0.479 e. The molecule has 0 amide bonds. The standard InChI is InChI=1S/C19H21N3O4S/c1-3-4-10-16-21-22-17(23)11-14(20-19(22)27-16)12-25-18(24)13(2)26-15-8-6-5-7-9-15/h5-9,11,13H,3-4,10,12H2,1-2H3/t13-/m0/s1. The molecule has 0 aliphatic heterocycles. The SMILES string of the molecule is CCCCc1nn2c(=O)cc(COC(=O)[C@H](C)Oc3ccccc3)nc2s1. The number of unbranched alkanes of at least 4 members (excludes halogenated alkanes) is 1. The molecule has 0 spiro atoms. The Morgan fingerprint density at radius 1 is 1.30 bits per heavy atom. The highest BCUT2D eigenvalue weighted by molar-refractivity contribution is 7.16. The lowest BCUT2D eigenvalue weighted by Gasteiger charge is -2.13. The highest BCUT2D eigenvalue weighted by Crippen LogP contribution is 2.15. The van der Waals surface area contributed by atoms with E-state index in [1.807, 2.05) is 18.2 Å². The molecule has 1 aromatic carbocycles. The Bertz CT molecular complexity index is 968. The Morgan fingerprint density at radius 3 is 2.81 bits per heavy atom. The van der Waals surface area contributed by atoms with Crippen molar-refractivity contribution in [1.29, 1.82) is 0 Å². The van der Waals surface area contributed by atoms with Crippen LogP contribution < -0.4 is 10.3 Å². The predicted octanol–water partition coefficient (Wildman–Crippen LogP) is 3.00. The maximum absolute atomic E-state index is 12.2. The van der Waals surface area contributed by atoms with Crippen molar-refractivity contribution in [3.63, 3.8) is 0 Å². The summed E-state index contributed by atoms with van der Waals surface area (Å²) < 4.78 is 12.1. The second kappa shape index (κ2) is 8.77. The number of aryl methyl sites for hydroxylation is 1. The fourth-order valence-corrected chi connectivity index (χ4v) is 3.37. The first-order chi connectivity index (χ1) is 13.1. The van der Waals surface area contributed by atoms with Crippen LogP contribution in [0.15, 0.2) is 41.2 Å². The van der Waals surface area contributed by atoms with Gasteiger partial charge in [0.1, 0.15) is 17.4 Å². The smallest absolute Gasteiger partial charge is 0.347 e. The minimum atomic E-state index is -0.763. The van der Waals surface area contributed by atoms with Gasteiger partial charge >= 0.3 is 5.97 Å². The fraction of sp³-hybridized carbons (Fsp3) is 0.368. The van der Waals surface area contributed by atoms with Crippen LogP contribution in [-0.4, -0.2) is 26.7 Å². The van der Waals surface area contributed by atoms with E-state index in [1.165, 1.54) is 21.9 Å². The lowest BCUT2D eigenvalue weighted by atomic mass is 10.3. The third kappa shape index (κ3) is 4.91. The summed E-state index contributed by atoms with van der Waals surface area (Å²) in [5.41, 5.74) is 0.115. The number of fused-ring (bicyclic) bond motifs is 1. The first-order valence-corrected chi connectivity index (χ1v) is 9.65. The Balaban J connectivity index is 1.64. The zero-order valence-corrected chi connectivity index (χ0v) is 16.1. The molecule has 3 rings (SSSR count). The van der Waals surface area contributed by atoms with Crippen molar-refractivity contribution in [2.75, 3.05) is 0 Å². The van der Waals surface area contributed by atoms with Crippen LogP contribution in [0.25, 0.3) is 4.96 Å². The van der Waals surface area contributed by atoms with Gasteiger partial charge < -0.3 is 9.47 Å². The summed E-state index contributed by atoms with van der Waals surface area (Å²) in [4.78, 5) is 29.2. The number of ether oxygens (including phenoxy) is 2. The number of aromatic nitrogens is 3. The third-order valence-electron chi connectivity index (χ3n) is 3.83. The Hall–Kier alpha value is -2.74. The number of benzene rings is 1. The molecule has 0 aliphatic carbocycles. The lowest BCUT2D eigenvalue weighted by Crippen LogP contribution is -2.26. The minimum Gasteiger partial charge on any atom is -0.479 e. The molecule has 1 atom stereocenters. The summed E-state index contributed by atoms with van der Waals surface area (Å²) in [7, 11) is 0. The van der Waals surface area contributed by atoms with Gasteiger partial charge in [-0.25, -0.2) is 9.78 Å². The van der Waals surface area contributed by atoms with Gasteiger partial charge in [-0.15, -0.1) is 0 Å². The fourth-order valence-electron chi connectivity index (χ4n) is 2.41. The van der Waals surface area contributed by atoms with Crippen molar-refractivity contribution < 1.29 is 14.3 Å². The average molecular weight is 387 g/mol. The number of rotatable bonds is 8. The third-order valence-corrected chi connectivity index (χ3v) is 4.80. The van der Waals surface area contributed by atoms with Crippen LogP contribution in [0.5, 0.6) is 5.75 Å². The van der Waals surface area contributed by atoms with E-state index in [0.717, 1.165) is 24.3 Å². The monoisotopic (exact) mass is 387 g/mol. The van der Waals surface area contributed by atoms with E-state index in [2.05, 4.69) is 17.0 Å². The molecular weight excluding hydrogens is 366 g/mol. The van der Waals surface area contributed by atoms with Crippen LogP contribution >= 0.6 is 11.3 Å². The van der Waals surface area contributed by atoms with E-state index in [4.69, 9.17) is 9.47 Å². The van der Waals surface area contributed by atoms with Crippen molar-refractivity contribution in [2.24, 2.45) is 0 Å². The molecule has 0 bridgehead atoms. The zero-order valence-electron chi connectivity index (χ0n) is 15.3. The molecule has 0 radical (unpaired) electrons. The second-order valence-electron chi connectivity index (χ2n) is 6.06. The van der Waals surface area contributed by atoms with Crippen molar-refractivity contribution >= 4 is 22.3 Å². The van der Waals surface area contributed by atoms with Crippen molar-refractivity contribution in [3.05, 3.63) is 57.5 Å². The molecule has 27 heavy (non-hydrogen) atoms. The van der Waals surface area contributed by atoms with E-state index in [0.29, 0.717) is 16.4 Å². The average Bonchev–Trinajstić information content (AvgIpc) is 3.08. The van der Waals surface area contributed by atoms with Gasteiger partial charge in [0, 0.05) is 12.5 Å². The first kappa shape index (κ1) is 19.0. The molecular formula is C19H21N3O4S. The minimum absolute atomic E-state index is 0.0880. The van der Waals surface area contributed by atoms with Crippen LogP contribution in [0.4, 0.5) is 0 Å². The van der Waals surface area contributed by atoms with Gasteiger partial charge in [-0.2, -0.15) is 9.61 Å². The quantitative estimate of drug-likeness (QED) is 0.553. The number of nitrogens with zero attached hydrogens (tertiary/aromatic N) is 3. The summed E-state index contributed by atoms with van der Waals surface area (Å²) in [6, 6.07) is 10.4. The molecule has 142 valence electrons. The zero-order chi connectivity index (χ0) is 19.2. The summed E-state index contributed by atoms with van der Waals surface area (Å²) in [5, 5.41) is 5.17. The molecule has 8 heteroatoms. The highest BCUT2D eigenvalue weighted by atomic mass is 32.1. The molecule has 0 fully saturated rings. The van der Waals surface area contributed by atoms with Crippen LogP contribution in [-0.2, 0) is 22.6 Å². The van der Waals surface area contributed by atoms with E-state index < -0.39 is 12.1 Å². The molecule has 0 aliphatic rings. The van der Waals surface area contributed by atoms with Gasteiger partial charge in [-0.1, -0.05) is 42.9 Å². The maximum atomic E-state index is 12.2. The number of hydrogen-bond donors (Lipinski definition) is 0. The Kier molecular flexibility index (Phi) is 6.18. The van der Waals surface area contributed by atoms with E-state index in [-0.39, 0.29) is 12.2 Å². The van der Waals surface area contributed by atoms with Gasteiger partial charge in [0.2, 0.25) is 4.96 Å². The van der Waals surface area contributed by atoms with Gasteiger partial charge in [0.15, 0.2) is 6.10 Å². The van der Waals surface area contributed by atoms with E-state index in [9.17, 15) is 9.59 Å².